The van der Waals surface area contributed by atoms with Gasteiger partial charge in [0.1, 0.15) is 18.1 Å². The summed E-state index contributed by atoms with van der Waals surface area (Å²) >= 11 is 1.06. The van der Waals surface area contributed by atoms with Gasteiger partial charge in [-0.1, -0.05) is 0 Å². The van der Waals surface area contributed by atoms with E-state index in [4.69, 9.17) is 29.2 Å². The fourth-order valence-electron chi connectivity index (χ4n) is 2.23. The number of carbonyl (C=O) groups is 4. The molecule has 142 valence electrons. The van der Waals surface area contributed by atoms with E-state index in [9.17, 15) is 19.2 Å². The van der Waals surface area contributed by atoms with Crippen molar-refractivity contribution in [1.82, 2.24) is 0 Å². The molecule has 1 aliphatic rings. The Morgan fingerprint density at radius 3 is 1.92 bits per heavy atom. The fourth-order valence-corrected chi connectivity index (χ4v) is 2.97. The van der Waals surface area contributed by atoms with Crippen LogP contribution in [0.15, 0.2) is 0 Å². The molecule has 25 heavy (non-hydrogen) atoms. The summed E-state index contributed by atoms with van der Waals surface area (Å²) in [5.41, 5.74) is -0.945. The lowest BCUT2D eigenvalue weighted by Gasteiger charge is -2.43. The van der Waals surface area contributed by atoms with E-state index in [2.05, 4.69) is 0 Å². The highest BCUT2D eigenvalue weighted by Gasteiger charge is 2.51. The second-order valence-electron chi connectivity index (χ2n) is 4.83. The van der Waals surface area contributed by atoms with E-state index in [1.54, 1.807) is 6.26 Å². The van der Waals surface area contributed by atoms with Gasteiger partial charge in [-0.05, 0) is 6.26 Å². The molecule has 5 atom stereocenters. The molecule has 0 saturated carbocycles. The molecule has 9 nitrogen and oxygen atoms in total. The summed E-state index contributed by atoms with van der Waals surface area (Å²) in [5.74, 6) is -3.83. The van der Waals surface area contributed by atoms with Crippen LogP contribution in [0.3, 0.4) is 0 Å². The number of thioether (sulfide) groups is 1. The van der Waals surface area contributed by atoms with E-state index in [0.717, 1.165) is 11.8 Å². The highest BCUT2D eigenvalue weighted by molar-refractivity contribution is 7.99. The number of ether oxygens (including phenoxy) is 5. The molecule has 0 aromatic heterocycles. The minimum Gasteiger partial charge on any atom is -0.463 e. The van der Waals surface area contributed by atoms with Gasteiger partial charge >= 0.3 is 23.9 Å². The van der Waals surface area contributed by atoms with Gasteiger partial charge < -0.3 is 23.7 Å². The van der Waals surface area contributed by atoms with Crippen LogP contribution in [0.1, 0.15) is 33.1 Å². The molecule has 1 saturated heterocycles. The Labute approximate surface area is 155 Å². The van der Waals surface area contributed by atoms with Crippen molar-refractivity contribution in [2.45, 2.75) is 57.5 Å². The predicted octanol–water partition coefficient (Wildman–Crippen LogP) is 0.432. The van der Waals surface area contributed by atoms with Crippen molar-refractivity contribution in [3.8, 4) is 0 Å². The fraction of sp³-hybridized carbons (Fsp3) is 0.733. The molecule has 1 unspecified atom stereocenters. The lowest BCUT2D eigenvalue weighted by molar-refractivity contribution is -0.237. The van der Waals surface area contributed by atoms with Gasteiger partial charge in [0.15, 0.2) is 18.3 Å². The topological polar surface area (TPSA) is 114 Å². The molecule has 0 aromatic carbocycles. The van der Waals surface area contributed by atoms with Crippen LogP contribution in [0.25, 0.3) is 0 Å². The molecule has 0 aliphatic carbocycles. The van der Waals surface area contributed by atoms with Crippen LogP contribution in [0.5, 0.6) is 0 Å². The van der Waals surface area contributed by atoms with Crippen LogP contribution in [0.2, 0.25) is 0 Å². The SMILES string of the molecule is [2H]CC(=O)OC[C@H]1OC(SC)[C@@H](OC(=O)C[2H])[C@@H](OC(=O)C[2H])[C@@H]1OC(=O)C[2H]. The van der Waals surface area contributed by atoms with Gasteiger partial charge in [-0.3, -0.25) is 19.2 Å². The summed E-state index contributed by atoms with van der Waals surface area (Å²) in [6.07, 6.45) is -3.70. The molecule has 0 aromatic rings. The van der Waals surface area contributed by atoms with Gasteiger partial charge in [0.25, 0.3) is 0 Å². The third-order valence-electron chi connectivity index (χ3n) is 3.03. The zero-order valence-corrected chi connectivity index (χ0v) is 14.3. The van der Waals surface area contributed by atoms with Crippen molar-refractivity contribution >= 4 is 35.6 Å². The second kappa shape index (κ2) is 9.62. The van der Waals surface area contributed by atoms with Crippen LogP contribution in [0, 0.1) is 0 Å². The first-order valence-electron chi connectivity index (χ1n) is 9.73. The van der Waals surface area contributed by atoms with Gasteiger partial charge in [-0.25, -0.2) is 0 Å². The lowest BCUT2D eigenvalue weighted by Crippen LogP contribution is -2.61. The number of hydrogen-bond donors (Lipinski definition) is 0. The molecule has 0 bridgehead atoms. The Morgan fingerprint density at radius 1 is 0.880 bits per heavy atom. The first-order chi connectivity index (χ1) is 13.8. The van der Waals surface area contributed by atoms with Gasteiger partial charge in [-0.15, -0.1) is 11.8 Å². The first-order valence-corrected chi connectivity index (χ1v) is 8.19. The molecular weight excluding hydrogens is 356 g/mol. The van der Waals surface area contributed by atoms with E-state index in [0.29, 0.717) is 0 Å². The van der Waals surface area contributed by atoms with Gasteiger partial charge in [-0.2, -0.15) is 0 Å². The van der Waals surface area contributed by atoms with Crippen LogP contribution in [-0.4, -0.2) is 66.6 Å². The third-order valence-corrected chi connectivity index (χ3v) is 3.88. The molecule has 10 heteroatoms. The number of carbonyl (C=O) groups excluding carboxylic acids is 4. The molecule has 1 aliphatic heterocycles. The molecule has 0 amide bonds. The summed E-state index contributed by atoms with van der Waals surface area (Å²) in [7, 11) is 0. The quantitative estimate of drug-likeness (QED) is 0.473. The maximum Gasteiger partial charge on any atom is 0.303 e. The zero-order chi connectivity index (χ0) is 22.0. The van der Waals surface area contributed by atoms with E-state index >= 15 is 0 Å². The van der Waals surface area contributed by atoms with Crippen molar-refractivity contribution in [3.63, 3.8) is 0 Å². The third kappa shape index (κ3) is 6.54. The maximum atomic E-state index is 11.8. The predicted molar refractivity (Wildman–Crippen MR) is 85.5 cm³/mol. The van der Waals surface area contributed by atoms with Crippen LogP contribution < -0.4 is 0 Å². The van der Waals surface area contributed by atoms with E-state index in [-0.39, 0.29) is 0 Å². The van der Waals surface area contributed by atoms with Crippen LogP contribution >= 0.6 is 11.8 Å². The molecule has 0 N–H and O–H groups in total. The van der Waals surface area contributed by atoms with Crippen LogP contribution in [-0.2, 0) is 42.9 Å². The van der Waals surface area contributed by atoms with Crippen molar-refractivity contribution in [3.05, 3.63) is 0 Å². The average Bonchev–Trinajstić information content (AvgIpc) is 2.73. The maximum absolute atomic E-state index is 11.8. The molecular formula is C15H22O9S. The number of hydrogen-bond acceptors (Lipinski definition) is 10. The number of rotatable bonds is 6. The van der Waals surface area contributed by atoms with Gasteiger partial charge in [0.05, 0.1) is 0 Å². The van der Waals surface area contributed by atoms with Crippen molar-refractivity contribution in [1.29, 1.82) is 0 Å². The number of esters is 4. The Kier molecular flexibility index (Phi) is 5.94. The Morgan fingerprint density at radius 2 is 1.40 bits per heavy atom. The largest absolute Gasteiger partial charge is 0.463 e. The van der Waals surface area contributed by atoms with Crippen molar-refractivity contribution < 1.29 is 48.3 Å². The monoisotopic (exact) mass is 382 g/mol. The average molecular weight is 382 g/mol. The minimum atomic E-state index is -1.43. The first kappa shape index (κ1) is 15.4. The highest BCUT2D eigenvalue weighted by Crippen LogP contribution is 2.33. The van der Waals surface area contributed by atoms with Gasteiger partial charge in [0.2, 0.25) is 0 Å². The zero-order valence-electron chi connectivity index (χ0n) is 17.5. The standard InChI is InChI=1S/C15H22O9S/c1-7(16)20-6-11-12(21-8(2)17)13(22-9(3)18)14(23-10(4)19)15(24-11)25-5/h11-15H,6H2,1-5H3/t11-,12-,13+,14+,15?/m1/s1/i1D,2D,3D,4D. The molecule has 0 spiro atoms. The van der Waals surface area contributed by atoms with E-state index < -0.39 is 87.9 Å². The van der Waals surface area contributed by atoms with Gasteiger partial charge in [0, 0.05) is 33.1 Å². The molecule has 1 rings (SSSR count). The smallest absolute Gasteiger partial charge is 0.303 e. The molecule has 1 fully saturated rings. The summed E-state index contributed by atoms with van der Waals surface area (Å²) < 4.78 is 54.4. The Bertz CT molecular complexity index is 594. The normalized spacial score (nSPS) is 30.7. The van der Waals surface area contributed by atoms with E-state index in [1.807, 2.05) is 0 Å². The Balaban J connectivity index is 3.25. The highest BCUT2D eigenvalue weighted by atomic mass is 32.2. The molecule has 0 radical (unpaired) electrons. The summed E-state index contributed by atoms with van der Waals surface area (Å²) in [5, 5.41) is 0. The second-order valence-corrected chi connectivity index (χ2v) is 5.76. The summed E-state index contributed by atoms with van der Waals surface area (Å²) in [6.45, 7) is -3.37. The summed E-state index contributed by atoms with van der Waals surface area (Å²) in [6, 6.07) is 0. The molecule has 1 heterocycles. The van der Waals surface area contributed by atoms with E-state index in [1.165, 1.54) is 0 Å². The summed E-state index contributed by atoms with van der Waals surface area (Å²) in [4.78, 5) is 46.5. The van der Waals surface area contributed by atoms with Crippen molar-refractivity contribution in [2.24, 2.45) is 0 Å². The lowest BCUT2D eigenvalue weighted by atomic mass is 9.99. The van der Waals surface area contributed by atoms with Crippen molar-refractivity contribution in [2.75, 3.05) is 12.9 Å². The minimum absolute atomic E-state index is 0.460. The Hall–Kier alpha value is -1.81. The van der Waals surface area contributed by atoms with Crippen LogP contribution in [0.4, 0.5) is 0 Å².